The van der Waals surface area contributed by atoms with Gasteiger partial charge in [0.2, 0.25) is 0 Å². The molecule has 1 saturated carbocycles. The van der Waals surface area contributed by atoms with E-state index in [2.05, 4.69) is 10.6 Å². The summed E-state index contributed by atoms with van der Waals surface area (Å²) in [6.45, 7) is 0.0175. The van der Waals surface area contributed by atoms with Crippen LogP contribution in [0.5, 0.6) is 0 Å². The van der Waals surface area contributed by atoms with Gasteiger partial charge in [0.25, 0.3) is 0 Å². The van der Waals surface area contributed by atoms with Gasteiger partial charge in [-0.25, -0.2) is 22.4 Å². The highest BCUT2D eigenvalue weighted by molar-refractivity contribution is 5.74. The van der Waals surface area contributed by atoms with Crippen LogP contribution in [-0.2, 0) is 11.3 Å². The van der Waals surface area contributed by atoms with E-state index in [-0.39, 0.29) is 24.1 Å². The molecule has 1 heterocycles. The molecule has 1 saturated heterocycles. The van der Waals surface area contributed by atoms with Crippen LogP contribution >= 0.6 is 0 Å². The number of carbonyl (C=O) groups excluding carboxylic acids is 1. The summed E-state index contributed by atoms with van der Waals surface area (Å²) < 4.78 is 59.0. The maximum Gasteiger partial charge on any atom is 0.315 e. The van der Waals surface area contributed by atoms with Crippen molar-refractivity contribution in [2.24, 2.45) is 5.92 Å². The lowest BCUT2D eigenvalue weighted by Gasteiger charge is -2.33. The molecule has 2 aliphatic rings. The lowest BCUT2D eigenvalue weighted by Crippen LogP contribution is -2.49. The van der Waals surface area contributed by atoms with Crippen LogP contribution in [0.2, 0.25) is 0 Å². The second-order valence-corrected chi connectivity index (χ2v) is 6.17. The Morgan fingerprint density at radius 3 is 2.54 bits per heavy atom. The first kappa shape index (κ1) is 17.0. The maximum atomic E-state index is 13.6. The molecule has 2 amide bonds. The zero-order valence-electron chi connectivity index (χ0n) is 12.9. The van der Waals surface area contributed by atoms with E-state index >= 15 is 0 Å². The second kappa shape index (κ2) is 6.96. The molecule has 1 aliphatic heterocycles. The van der Waals surface area contributed by atoms with E-state index in [0.29, 0.717) is 6.61 Å². The normalized spacial score (nSPS) is 26.1. The molecule has 1 aromatic rings. The number of hydrogen-bond acceptors (Lipinski definition) is 2. The van der Waals surface area contributed by atoms with Crippen LogP contribution in [0.15, 0.2) is 6.07 Å². The molecule has 24 heavy (non-hydrogen) atoms. The molecule has 2 fully saturated rings. The molecule has 0 unspecified atom stereocenters. The van der Waals surface area contributed by atoms with Gasteiger partial charge in [0.1, 0.15) is 0 Å². The van der Waals surface area contributed by atoms with Gasteiger partial charge in [-0.05, 0) is 25.7 Å². The number of urea groups is 1. The van der Waals surface area contributed by atoms with Crippen molar-refractivity contribution in [3.05, 3.63) is 34.9 Å². The van der Waals surface area contributed by atoms with Gasteiger partial charge in [-0.3, -0.25) is 0 Å². The molecule has 8 heteroatoms. The van der Waals surface area contributed by atoms with Gasteiger partial charge < -0.3 is 15.4 Å². The Hall–Kier alpha value is -1.83. The number of hydrogen-bond donors (Lipinski definition) is 2. The lowest BCUT2D eigenvalue weighted by atomic mass is 9.82. The number of ether oxygens (including phenoxy) is 1. The molecule has 132 valence electrons. The molecule has 0 spiro atoms. The lowest BCUT2D eigenvalue weighted by molar-refractivity contribution is 0.0549. The molecule has 1 aliphatic carbocycles. The van der Waals surface area contributed by atoms with E-state index in [9.17, 15) is 22.4 Å². The summed E-state index contributed by atoms with van der Waals surface area (Å²) in [5.41, 5.74) is -0.839. The summed E-state index contributed by atoms with van der Waals surface area (Å²) in [4.78, 5) is 12.0. The third-order valence-electron chi connectivity index (χ3n) is 4.73. The average Bonchev–Trinajstić information content (AvgIpc) is 3.03. The van der Waals surface area contributed by atoms with E-state index in [1.807, 2.05) is 0 Å². The summed E-state index contributed by atoms with van der Waals surface area (Å²) in [6, 6.07) is -0.572. The zero-order chi connectivity index (χ0) is 17.3. The quantitative estimate of drug-likeness (QED) is 0.653. The molecule has 2 N–H and O–H groups in total. The van der Waals surface area contributed by atoms with Gasteiger partial charge in [-0.15, -0.1) is 0 Å². The van der Waals surface area contributed by atoms with Gasteiger partial charge in [-0.1, -0.05) is 0 Å². The second-order valence-electron chi connectivity index (χ2n) is 6.17. The first-order chi connectivity index (χ1) is 11.5. The van der Waals surface area contributed by atoms with E-state index in [1.165, 1.54) is 0 Å². The number of carbonyl (C=O) groups is 1. The standard InChI is InChI=1S/C16H18F4N2O2/c17-10-6-11(18)15(20)9(14(10)19)7-21-16(23)22-12-2-1-3-13-8(12)4-5-24-13/h6,8,12-13H,1-5,7H2,(H2,21,22,23)/t8-,12-,13-/m1/s1. The Balaban J connectivity index is 1.60. The first-order valence-corrected chi connectivity index (χ1v) is 7.95. The van der Waals surface area contributed by atoms with Crippen molar-refractivity contribution in [2.45, 2.75) is 44.4 Å². The van der Waals surface area contributed by atoms with Gasteiger partial charge >= 0.3 is 6.03 Å². The number of halogens is 4. The minimum absolute atomic E-state index is 0.0785. The molecular weight excluding hydrogens is 328 g/mol. The van der Waals surface area contributed by atoms with Gasteiger partial charge in [0.05, 0.1) is 12.6 Å². The highest BCUT2D eigenvalue weighted by Gasteiger charge is 2.38. The van der Waals surface area contributed by atoms with Gasteiger partial charge in [0.15, 0.2) is 23.3 Å². The van der Waals surface area contributed by atoms with Crippen molar-refractivity contribution < 1.29 is 27.1 Å². The third kappa shape index (κ3) is 3.33. The van der Waals surface area contributed by atoms with Crippen LogP contribution in [0.3, 0.4) is 0 Å². The maximum absolute atomic E-state index is 13.6. The summed E-state index contributed by atoms with van der Waals surface area (Å²) in [7, 11) is 0. The number of benzene rings is 1. The van der Waals surface area contributed by atoms with E-state index in [4.69, 9.17) is 4.74 Å². The topological polar surface area (TPSA) is 50.4 Å². The number of fused-ring (bicyclic) bond motifs is 1. The molecule has 1 aromatic carbocycles. The van der Waals surface area contributed by atoms with Crippen LogP contribution in [0.4, 0.5) is 22.4 Å². The molecule has 3 atom stereocenters. The monoisotopic (exact) mass is 346 g/mol. The number of nitrogens with one attached hydrogen (secondary N) is 2. The summed E-state index contributed by atoms with van der Waals surface area (Å²) in [6.07, 6.45) is 3.67. The molecule has 3 rings (SSSR count). The van der Waals surface area contributed by atoms with Crippen molar-refractivity contribution >= 4 is 6.03 Å². The van der Waals surface area contributed by atoms with Crippen LogP contribution < -0.4 is 10.6 Å². The van der Waals surface area contributed by atoms with Crippen molar-refractivity contribution in [1.29, 1.82) is 0 Å². The molecule has 0 bridgehead atoms. The van der Waals surface area contributed by atoms with E-state index in [0.717, 1.165) is 25.7 Å². The van der Waals surface area contributed by atoms with Crippen molar-refractivity contribution in [2.75, 3.05) is 6.61 Å². The summed E-state index contributed by atoms with van der Waals surface area (Å²) in [5, 5.41) is 5.02. The summed E-state index contributed by atoms with van der Waals surface area (Å²) >= 11 is 0. The van der Waals surface area contributed by atoms with Crippen LogP contribution in [0.25, 0.3) is 0 Å². The number of rotatable bonds is 3. The highest BCUT2D eigenvalue weighted by atomic mass is 19.2. The summed E-state index contributed by atoms with van der Waals surface area (Å²) in [5.74, 6) is -5.77. The van der Waals surface area contributed by atoms with Crippen LogP contribution in [0, 0.1) is 29.2 Å². The minimum atomic E-state index is -1.50. The van der Waals surface area contributed by atoms with E-state index < -0.39 is 41.4 Å². The Bertz CT molecular complexity index is 615. The molecule has 0 aromatic heterocycles. The number of amides is 2. The predicted octanol–water partition coefficient (Wildman–Crippen LogP) is 3.00. The van der Waals surface area contributed by atoms with Crippen LogP contribution in [0.1, 0.15) is 31.2 Å². The van der Waals surface area contributed by atoms with Crippen LogP contribution in [-0.4, -0.2) is 24.8 Å². The largest absolute Gasteiger partial charge is 0.378 e. The highest BCUT2D eigenvalue weighted by Crippen LogP contribution is 2.34. The third-order valence-corrected chi connectivity index (χ3v) is 4.73. The molecule has 0 radical (unpaired) electrons. The zero-order valence-corrected chi connectivity index (χ0v) is 12.9. The van der Waals surface area contributed by atoms with Crippen molar-refractivity contribution in [1.82, 2.24) is 10.6 Å². The van der Waals surface area contributed by atoms with Gasteiger partial charge in [-0.2, -0.15) is 0 Å². The average molecular weight is 346 g/mol. The van der Waals surface area contributed by atoms with Crippen molar-refractivity contribution in [3.8, 4) is 0 Å². The Morgan fingerprint density at radius 1 is 1.12 bits per heavy atom. The van der Waals surface area contributed by atoms with E-state index in [1.54, 1.807) is 0 Å². The minimum Gasteiger partial charge on any atom is -0.378 e. The Morgan fingerprint density at radius 2 is 1.83 bits per heavy atom. The fourth-order valence-corrected chi connectivity index (χ4v) is 3.52. The fourth-order valence-electron chi connectivity index (χ4n) is 3.52. The predicted molar refractivity (Wildman–Crippen MR) is 77.1 cm³/mol. The van der Waals surface area contributed by atoms with Crippen molar-refractivity contribution in [3.63, 3.8) is 0 Å². The molecular formula is C16H18F4N2O2. The fraction of sp³-hybridized carbons (Fsp3) is 0.562. The SMILES string of the molecule is O=C(NCc1c(F)c(F)cc(F)c1F)N[C@@H]1CCC[C@H]2OCC[C@H]12. The molecule has 4 nitrogen and oxygen atoms in total. The smallest absolute Gasteiger partial charge is 0.315 e. The Kier molecular flexibility index (Phi) is 4.93. The first-order valence-electron chi connectivity index (χ1n) is 7.95. The van der Waals surface area contributed by atoms with Gasteiger partial charge in [0, 0.05) is 30.2 Å². The Labute approximate surface area is 136 Å².